The van der Waals surface area contributed by atoms with Crippen molar-refractivity contribution in [1.29, 1.82) is 0 Å². The molecule has 2 N–H and O–H groups in total. The largest absolute Gasteiger partial charge is 0.493 e. The monoisotopic (exact) mass is 745 g/mol. The minimum absolute atomic E-state index is 0.0120. The summed E-state index contributed by atoms with van der Waals surface area (Å²) in [5.41, 5.74) is 3.63. The van der Waals surface area contributed by atoms with Gasteiger partial charge in [-0.1, -0.05) is 18.1 Å². The zero-order chi connectivity index (χ0) is 38.1. The SMILES string of the molecule is CCC(C[N+]1(C=O)CN(c2ccc(N3CCN(c4ccc(OCC(CO)CC(Cc5ccc(F)cc5F)Cn5cncn5)cc4)CC3)cc2)C=N1)C(C)O. The lowest BCUT2D eigenvalue weighted by atomic mass is 9.89. The fourth-order valence-electron chi connectivity index (χ4n) is 7.41. The fourth-order valence-corrected chi connectivity index (χ4v) is 7.41. The average Bonchev–Trinajstić information content (AvgIpc) is 3.87. The Morgan fingerprint density at radius 3 is 2.19 bits per heavy atom. The molecule has 0 saturated carbocycles. The molecule has 4 aromatic rings. The Morgan fingerprint density at radius 2 is 1.61 bits per heavy atom. The lowest BCUT2D eigenvalue weighted by Crippen LogP contribution is -2.48. The number of hydrogen-bond acceptors (Lipinski definition) is 10. The number of nitrogens with zero attached hydrogens (tertiary/aromatic N) is 8. The Balaban J connectivity index is 0.978. The van der Waals surface area contributed by atoms with E-state index in [1.165, 1.54) is 18.5 Å². The number of piperazine rings is 1. The van der Waals surface area contributed by atoms with Gasteiger partial charge in [0, 0.05) is 74.3 Å². The number of ether oxygens (including phenoxy) is 1. The van der Waals surface area contributed by atoms with E-state index in [9.17, 15) is 23.8 Å². The quantitative estimate of drug-likeness (QED) is 0.108. The van der Waals surface area contributed by atoms with Gasteiger partial charge in [0.2, 0.25) is 0 Å². The smallest absolute Gasteiger partial charge is 0.329 e. The predicted octanol–water partition coefficient (Wildman–Crippen LogP) is 4.92. The standard InChI is InChI=1S/C40H51F2N8O4/c1-3-33(30(2)53)22-50(29-52)28-48(27-45-50)38-8-6-36(7-9-38)46-14-16-47(17-15-46)37-10-12-39(13-11-37)54-24-32(23-51)18-31(21-49-26-43-25-44-49)19-34-4-5-35(41)20-40(34)42/h4-13,20,25-27,29-33,51,53H,3,14-19,21-24,28H2,1-2H3/q+1. The molecule has 0 bridgehead atoms. The summed E-state index contributed by atoms with van der Waals surface area (Å²) in [5.74, 6) is -0.801. The molecule has 1 saturated heterocycles. The minimum atomic E-state index is -0.615. The van der Waals surface area contributed by atoms with Gasteiger partial charge in [-0.15, -0.1) is 4.59 Å². The third-order valence-corrected chi connectivity index (χ3v) is 10.6. The van der Waals surface area contributed by atoms with Gasteiger partial charge in [0.15, 0.2) is 13.0 Å². The lowest BCUT2D eigenvalue weighted by molar-refractivity contribution is -0.849. The molecule has 5 atom stereocenters. The van der Waals surface area contributed by atoms with E-state index in [0.29, 0.717) is 43.9 Å². The Hall–Kier alpha value is -4.92. The second-order valence-electron chi connectivity index (χ2n) is 14.5. The van der Waals surface area contributed by atoms with E-state index in [2.05, 4.69) is 61.4 Å². The number of benzene rings is 3. The highest BCUT2D eigenvalue weighted by Crippen LogP contribution is 2.29. The topological polar surface area (TPSA) is 120 Å². The van der Waals surface area contributed by atoms with E-state index < -0.39 is 17.7 Å². The molecule has 3 heterocycles. The summed E-state index contributed by atoms with van der Waals surface area (Å²) >= 11 is 0. The van der Waals surface area contributed by atoms with Gasteiger partial charge >= 0.3 is 6.41 Å². The maximum absolute atomic E-state index is 14.5. The molecule has 1 fully saturated rings. The summed E-state index contributed by atoms with van der Waals surface area (Å²) in [6.07, 6.45) is 6.82. The van der Waals surface area contributed by atoms with Crippen LogP contribution in [0.5, 0.6) is 5.75 Å². The van der Waals surface area contributed by atoms with Crippen LogP contribution in [-0.2, 0) is 17.8 Å². The number of rotatable bonds is 18. The second-order valence-corrected chi connectivity index (χ2v) is 14.5. The van der Waals surface area contributed by atoms with Crippen molar-refractivity contribution in [2.75, 3.05) is 67.3 Å². The van der Waals surface area contributed by atoms with E-state index in [-0.39, 0.29) is 35.6 Å². The lowest BCUT2D eigenvalue weighted by Gasteiger charge is -2.37. The van der Waals surface area contributed by atoms with Gasteiger partial charge < -0.3 is 24.7 Å². The molecule has 2 aliphatic heterocycles. The minimum Gasteiger partial charge on any atom is -0.493 e. The van der Waals surface area contributed by atoms with Crippen LogP contribution in [-0.4, -0.2) is 101 Å². The first kappa shape index (κ1) is 38.8. The number of hydrogen-bond donors (Lipinski definition) is 2. The van der Waals surface area contributed by atoms with Gasteiger partial charge in [-0.2, -0.15) is 5.10 Å². The van der Waals surface area contributed by atoms with Crippen LogP contribution in [0, 0.1) is 29.4 Å². The molecule has 2 aliphatic rings. The van der Waals surface area contributed by atoms with Gasteiger partial charge in [0.05, 0.1) is 12.7 Å². The van der Waals surface area contributed by atoms with Crippen LogP contribution in [0.4, 0.5) is 25.8 Å². The molecule has 0 radical (unpaired) electrons. The maximum atomic E-state index is 14.5. The molecule has 6 rings (SSSR count). The van der Waals surface area contributed by atoms with Crippen LogP contribution in [0.1, 0.15) is 32.3 Å². The molecule has 0 aliphatic carbocycles. The number of carbonyl (C=O) groups is 1. The van der Waals surface area contributed by atoms with Crippen molar-refractivity contribution >= 4 is 29.8 Å². The summed E-state index contributed by atoms with van der Waals surface area (Å²) in [7, 11) is 0. The van der Waals surface area contributed by atoms with Crippen molar-refractivity contribution in [3.63, 3.8) is 0 Å². The number of aliphatic hydroxyl groups is 2. The summed E-state index contributed by atoms with van der Waals surface area (Å²) in [6.45, 7) is 8.76. The first-order valence-corrected chi connectivity index (χ1v) is 18.7. The number of amides is 1. The van der Waals surface area contributed by atoms with Crippen molar-refractivity contribution in [1.82, 2.24) is 14.8 Å². The van der Waals surface area contributed by atoms with Crippen LogP contribution in [0.3, 0.4) is 0 Å². The van der Waals surface area contributed by atoms with Gasteiger partial charge in [0.25, 0.3) is 0 Å². The number of aliphatic hydroxyl groups excluding tert-OH is 2. The molecule has 288 valence electrons. The third-order valence-electron chi connectivity index (χ3n) is 10.6. The number of aromatic nitrogens is 3. The van der Waals surface area contributed by atoms with E-state index in [1.807, 2.05) is 24.0 Å². The molecule has 1 amide bonds. The Morgan fingerprint density at radius 1 is 0.944 bits per heavy atom. The summed E-state index contributed by atoms with van der Waals surface area (Å²) < 4.78 is 35.8. The highest BCUT2D eigenvalue weighted by atomic mass is 19.1. The Labute approximate surface area is 315 Å². The number of halogens is 2. The molecular formula is C40H51F2N8O4+. The number of anilines is 3. The molecule has 0 spiro atoms. The van der Waals surface area contributed by atoms with Crippen molar-refractivity contribution < 1.29 is 33.1 Å². The van der Waals surface area contributed by atoms with E-state index in [0.717, 1.165) is 62.1 Å². The van der Waals surface area contributed by atoms with Crippen LogP contribution >= 0.6 is 0 Å². The average molecular weight is 746 g/mol. The van der Waals surface area contributed by atoms with Gasteiger partial charge in [0.1, 0.15) is 36.6 Å². The van der Waals surface area contributed by atoms with Crippen molar-refractivity contribution in [3.05, 3.63) is 96.6 Å². The second kappa shape index (κ2) is 17.9. The molecule has 54 heavy (non-hydrogen) atoms. The summed E-state index contributed by atoms with van der Waals surface area (Å²) in [6, 6.07) is 20.0. The van der Waals surface area contributed by atoms with Crippen molar-refractivity contribution in [3.8, 4) is 5.75 Å². The maximum Gasteiger partial charge on any atom is 0.329 e. The zero-order valence-electron chi connectivity index (χ0n) is 31.0. The summed E-state index contributed by atoms with van der Waals surface area (Å²) in [5, 5.41) is 29.1. The van der Waals surface area contributed by atoms with Crippen LogP contribution in [0.15, 0.2) is 84.5 Å². The fraction of sp³-hybridized carbons (Fsp3) is 0.450. The number of quaternary nitrogens is 1. The van der Waals surface area contributed by atoms with E-state index in [1.54, 1.807) is 24.3 Å². The summed E-state index contributed by atoms with van der Waals surface area (Å²) in [4.78, 5) is 22.8. The molecule has 5 unspecified atom stereocenters. The zero-order valence-corrected chi connectivity index (χ0v) is 31.0. The number of carbonyl (C=O) groups excluding carboxylic acids is 1. The normalized spacial score (nSPS) is 19.5. The van der Waals surface area contributed by atoms with E-state index >= 15 is 0 Å². The first-order valence-electron chi connectivity index (χ1n) is 18.7. The van der Waals surface area contributed by atoms with Crippen molar-refractivity contribution in [2.24, 2.45) is 22.9 Å². The predicted molar refractivity (Wildman–Crippen MR) is 204 cm³/mol. The van der Waals surface area contributed by atoms with Gasteiger partial charge in [-0.25, -0.2) is 18.6 Å². The third kappa shape index (κ3) is 9.78. The van der Waals surface area contributed by atoms with Gasteiger partial charge in [-0.3, -0.25) is 9.58 Å². The Bertz CT molecular complexity index is 1800. The molecule has 12 nitrogen and oxygen atoms in total. The first-order chi connectivity index (χ1) is 26.2. The highest BCUT2D eigenvalue weighted by molar-refractivity contribution is 5.80. The molecule has 14 heteroatoms. The van der Waals surface area contributed by atoms with E-state index in [4.69, 9.17) is 4.74 Å². The van der Waals surface area contributed by atoms with Crippen LogP contribution in [0.2, 0.25) is 0 Å². The van der Waals surface area contributed by atoms with Crippen LogP contribution < -0.4 is 19.4 Å². The molecular weight excluding hydrogens is 694 g/mol. The molecule has 3 aromatic carbocycles. The van der Waals surface area contributed by atoms with Gasteiger partial charge in [-0.05, 0) is 92.3 Å². The Kier molecular flexibility index (Phi) is 12.9. The van der Waals surface area contributed by atoms with Crippen LogP contribution in [0.25, 0.3) is 0 Å². The highest BCUT2D eigenvalue weighted by Gasteiger charge is 2.39. The molecule has 1 aromatic heterocycles. The van der Waals surface area contributed by atoms with Crippen molar-refractivity contribution in [2.45, 2.75) is 45.8 Å².